The van der Waals surface area contributed by atoms with E-state index < -0.39 is 17.9 Å². The molecule has 0 aliphatic heterocycles. The first-order valence-corrected chi connectivity index (χ1v) is 2.52. The second kappa shape index (κ2) is 2.33. The van der Waals surface area contributed by atoms with Crippen molar-refractivity contribution in [2.24, 2.45) is 0 Å². The molecule has 0 amide bonds. The van der Waals surface area contributed by atoms with Crippen LogP contribution in [0.1, 0.15) is 5.82 Å². The topological polar surface area (TPSA) is 64.7 Å². The first-order valence-electron chi connectivity index (χ1n) is 2.52. The number of nitrogens with two attached hydrogens (primary N) is 1. The molecule has 0 atom stereocenters. The molecule has 0 aromatic carbocycles. The molecule has 0 fully saturated rings. The van der Waals surface area contributed by atoms with Gasteiger partial charge >= 0.3 is 6.18 Å². The number of alkyl halides is 3. The van der Waals surface area contributed by atoms with E-state index in [1.54, 1.807) is 0 Å². The SMILES string of the molecule is Nc1ncnc(C(F)(F)F)n1. The van der Waals surface area contributed by atoms with Crippen molar-refractivity contribution < 1.29 is 13.2 Å². The quantitative estimate of drug-likeness (QED) is 0.605. The van der Waals surface area contributed by atoms with Gasteiger partial charge in [-0.05, 0) is 0 Å². The maximum absolute atomic E-state index is 11.8. The van der Waals surface area contributed by atoms with Crippen LogP contribution in [0.5, 0.6) is 0 Å². The Balaban J connectivity index is 3.06. The zero-order valence-corrected chi connectivity index (χ0v) is 5.13. The van der Waals surface area contributed by atoms with E-state index in [0.29, 0.717) is 6.33 Å². The van der Waals surface area contributed by atoms with Gasteiger partial charge in [0.15, 0.2) is 0 Å². The van der Waals surface area contributed by atoms with Gasteiger partial charge in [-0.3, -0.25) is 0 Å². The normalized spacial score (nSPS) is 11.5. The second-order valence-electron chi connectivity index (χ2n) is 1.67. The van der Waals surface area contributed by atoms with Gasteiger partial charge in [0.25, 0.3) is 0 Å². The summed E-state index contributed by atoms with van der Waals surface area (Å²) < 4.78 is 35.3. The Morgan fingerprint density at radius 3 is 2.27 bits per heavy atom. The van der Waals surface area contributed by atoms with Gasteiger partial charge in [0.05, 0.1) is 0 Å². The third-order valence-corrected chi connectivity index (χ3v) is 0.844. The summed E-state index contributed by atoms with van der Waals surface area (Å²) in [5.41, 5.74) is 4.89. The highest BCUT2D eigenvalue weighted by atomic mass is 19.4. The van der Waals surface area contributed by atoms with Crippen molar-refractivity contribution in [1.82, 2.24) is 15.0 Å². The predicted octanol–water partition coefficient (Wildman–Crippen LogP) is 0.473. The van der Waals surface area contributed by atoms with Crippen molar-refractivity contribution in [1.29, 1.82) is 0 Å². The maximum Gasteiger partial charge on any atom is 0.451 e. The maximum atomic E-state index is 11.8. The van der Waals surface area contributed by atoms with Crippen LogP contribution in [0, 0.1) is 0 Å². The summed E-state index contributed by atoms with van der Waals surface area (Å²) in [5, 5.41) is 0. The van der Waals surface area contributed by atoms with Crippen LogP contribution in [0.4, 0.5) is 19.1 Å². The minimum atomic E-state index is -4.56. The molecule has 0 bridgehead atoms. The summed E-state index contributed by atoms with van der Waals surface area (Å²) in [4.78, 5) is 8.97. The molecule has 2 N–H and O–H groups in total. The summed E-state index contributed by atoms with van der Waals surface area (Å²) in [6, 6.07) is 0. The fourth-order valence-corrected chi connectivity index (χ4v) is 0.446. The summed E-state index contributed by atoms with van der Waals surface area (Å²) in [6.07, 6.45) is -3.85. The minimum absolute atomic E-state index is 0.438. The molecule has 0 unspecified atom stereocenters. The molecule has 0 saturated heterocycles. The number of hydrogen-bond donors (Lipinski definition) is 1. The highest BCUT2D eigenvalue weighted by Gasteiger charge is 2.34. The number of aromatic nitrogens is 3. The number of rotatable bonds is 0. The fourth-order valence-electron chi connectivity index (χ4n) is 0.446. The molecule has 1 heterocycles. The van der Waals surface area contributed by atoms with E-state index in [1.165, 1.54) is 0 Å². The largest absolute Gasteiger partial charge is 0.451 e. The van der Waals surface area contributed by atoms with E-state index in [0.717, 1.165) is 0 Å². The average Bonchev–Trinajstić information content (AvgIpc) is 1.86. The van der Waals surface area contributed by atoms with E-state index >= 15 is 0 Å². The number of hydrogen-bond acceptors (Lipinski definition) is 4. The standard InChI is InChI=1S/C4H3F3N4/c5-4(6,7)2-9-1-10-3(8)11-2/h1H,(H2,8,9,10,11). The zero-order valence-electron chi connectivity index (χ0n) is 5.13. The highest BCUT2D eigenvalue weighted by molar-refractivity contribution is 5.13. The van der Waals surface area contributed by atoms with Crippen LogP contribution in [-0.2, 0) is 6.18 Å². The van der Waals surface area contributed by atoms with Crippen molar-refractivity contribution in [3.8, 4) is 0 Å². The second-order valence-corrected chi connectivity index (χ2v) is 1.67. The van der Waals surface area contributed by atoms with Crippen LogP contribution in [0.25, 0.3) is 0 Å². The molecule has 0 radical (unpaired) electrons. The number of halogens is 3. The highest BCUT2D eigenvalue weighted by Crippen LogP contribution is 2.25. The molecule has 1 aromatic heterocycles. The van der Waals surface area contributed by atoms with Crippen LogP contribution in [-0.4, -0.2) is 15.0 Å². The first-order chi connectivity index (χ1) is 5.00. The first kappa shape index (κ1) is 7.70. The molecule has 60 valence electrons. The molecular weight excluding hydrogens is 161 g/mol. The Hall–Kier alpha value is -1.40. The van der Waals surface area contributed by atoms with E-state index in [1.807, 2.05) is 0 Å². The van der Waals surface area contributed by atoms with E-state index in [9.17, 15) is 13.2 Å². The van der Waals surface area contributed by atoms with Gasteiger partial charge < -0.3 is 5.73 Å². The molecule has 1 rings (SSSR count). The average molecular weight is 164 g/mol. The van der Waals surface area contributed by atoms with Crippen molar-refractivity contribution in [2.45, 2.75) is 6.18 Å². The van der Waals surface area contributed by atoms with Gasteiger partial charge in [-0.1, -0.05) is 0 Å². The lowest BCUT2D eigenvalue weighted by atomic mass is 10.6. The van der Waals surface area contributed by atoms with Crippen LogP contribution in [0.2, 0.25) is 0 Å². The lowest BCUT2D eigenvalue weighted by molar-refractivity contribution is -0.145. The minimum Gasteiger partial charge on any atom is -0.368 e. The Kier molecular flexibility index (Phi) is 1.63. The van der Waals surface area contributed by atoms with Crippen LogP contribution in [0.15, 0.2) is 6.33 Å². The van der Waals surface area contributed by atoms with Crippen LogP contribution in [0.3, 0.4) is 0 Å². The summed E-state index contributed by atoms with van der Waals surface area (Å²) >= 11 is 0. The van der Waals surface area contributed by atoms with Crippen molar-refractivity contribution >= 4 is 5.95 Å². The van der Waals surface area contributed by atoms with Gasteiger partial charge in [0.1, 0.15) is 6.33 Å². The van der Waals surface area contributed by atoms with Gasteiger partial charge in [-0.15, -0.1) is 0 Å². The molecule has 4 nitrogen and oxygen atoms in total. The Morgan fingerprint density at radius 1 is 1.27 bits per heavy atom. The van der Waals surface area contributed by atoms with E-state index in [-0.39, 0.29) is 0 Å². The predicted molar refractivity (Wildman–Crippen MR) is 29.2 cm³/mol. The van der Waals surface area contributed by atoms with E-state index in [2.05, 4.69) is 15.0 Å². The summed E-state index contributed by atoms with van der Waals surface area (Å²) in [6.45, 7) is 0. The van der Waals surface area contributed by atoms with Crippen LogP contribution >= 0.6 is 0 Å². The Labute approximate surface area is 59.3 Å². The van der Waals surface area contributed by atoms with Crippen molar-refractivity contribution in [3.63, 3.8) is 0 Å². The number of anilines is 1. The third kappa shape index (κ3) is 1.76. The molecule has 11 heavy (non-hydrogen) atoms. The molecule has 0 spiro atoms. The molecule has 1 aromatic rings. The number of nitrogens with zero attached hydrogens (tertiary/aromatic N) is 3. The van der Waals surface area contributed by atoms with Gasteiger partial charge in [0, 0.05) is 0 Å². The van der Waals surface area contributed by atoms with Gasteiger partial charge in [0.2, 0.25) is 11.8 Å². The molecule has 0 aliphatic carbocycles. The Bertz CT molecular complexity index is 258. The summed E-state index contributed by atoms with van der Waals surface area (Å²) in [7, 11) is 0. The van der Waals surface area contributed by atoms with Crippen LogP contribution < -0.4 is 5.73 Å². The lowest BCUT2D eigenvalue weighted by Crippen LogP contribution is -2.12. The lowest BCUT2D eigenvalue weighted by Gasteiger charge is -2.02. The smallest absolute Gasteiger partial charge is 0.368 e. The number of nitrogen functional groups attached to an aromatic ring is 1. The molecular formula is C4H3F3N4. The molecule has 0 saturated carbocycles. The molecule has 7 heteroatoms. The van der Waals surface area contributed by atoms with Gasteiger partial charge in [-0.2, -0.15) is 18.2 Å². The summed E-state index contributed by atoms with van der Waals surface area (Å²) in [5.74, 6) is -1.71. The zero-order chi connectivity index (χ0) is 8.48. The molecule has 0 aliphatic rings. The third-order valence-electron chi connectivity index (χ3n) is 0.844. The van der Waals surface area contributed by atoms with Crippen molar-refractivity contribution in [3.05, 3.63) is 12.2 Å². The fraction of sp³-hybridized carbons (Fsp3) is 0.250. The Morgan fingerprint density at radius 2 is 1.91 bits per heavy atom. The van der Waals surface area contributed by atoms with Gasteiger partial charge in [-0.25, -0.2) is 9.97 Å². The monoisotopic (exact) mass is 164 g/mol. The van der Waals surface area contributed by atoms with E-state index in [4.69, 9.17) is 5.73 Å². The van der Waals surface area contributed by atoms with Crippen molar-refractivity contribution in [2.75, 3.05) is 5.73 Å².